The van der Waals surface area contributed by atoms with E-state index in [-0.39, 0.29) is 6.04 Å². The van der Waals surface area contributed by atoms with Crippen LogP contribution in [0.2, 0.25) is 5.02 Å². The van der Waals surface area contributed by atoms with Crippen LogP contribution in [0.5, 0.6) is 0 Å². The van der Waals surface area contributed by atoms with E-state index in [4.69, 9.17) is 21.8 Å². The normalized spacial score (nSPS) is 12.8. The van der Waals surface area contributed by atoms with Crippen molar-refractivity contribution in [2.75, 3.05) is 0 Å². The van der Waals surface area contributed by atoms with Gasteiger partial charge in [0.25, 0.3) is 0 Å². The van der Waals surface area contributed by atoms with Crippen LogP contribution in [0.15, 0.2) is 57.4 Å². The molecule has 0 amide bonds. The Morgan fingerprint density at radius 2 is 1.89 bits per heavy atom. The number of nitrogens with two attached hydrogens (primary N) is 1. The number of halogens is 2. The average Bonchev–Trinajstić information content (AvgIpc) is 2.84. The summed E-state index contributed by atoms with van der Waals surface area (Å²) in [5.74, 6) is 0.704. The summed E-state index contributed by atoms with van der Waals surface area (Å²) >= 11 is 9.61. The van der Waals surface area contributed by atoms with Crippen LogP contribution in [0.25, 0.3) is 11.0 Å². The number of rotatable bonds is 2. The van der Waals surface area contributed by atoms with E-state index in [0.29, 0.717) is 16.4 Å². The summed E-state index contributed by atoms with van der Waals surface area (Å²) in [6.45, 7) is 0. The molecule has 1 aromatic heterocycles. The monoisotopic (exact) mass is 335 g/mol. The van der Waals surface area contributed by atoms with Gasteiger partial charge in [-0.15, -0.1) is 0 Å². The third-order valence-corrected chi connectivity index (χ3v) is 4.08. The first-order chi connectivity index (χ1) is 9.16. The summed E-state index contributed by atoms with van der Waals surface area (Å²) in [4.78, 5) is 0. The highest BCUT2D eigenvalue weighted by Crippen LogP contribution is 2.32. The Hall–Kier alpha value is -1.29. The summed E-state index contributed by atoms with van der Waals surface area (Å²) < 4.78 is 6.76. The summed E-state index contributed by atoms with van der Waals surface area (Å²) in [6, 6.07) is 15.1. The molecular weight excluding hydrogens is 326 g/mol. The van der Waals surface area contributed by atoms with E-state index in [1.807, 2.05) is 42.5 Å². The van der Waals surface area contributed by atoms with Gasteiger partial charge in [0.2, 0.25) is 0 Å². The SMILES string of the molecule is NC(c1cc2cccc(Cl)c2o1)c1ccccc1Br. The quantitative estimate of drug-likeness (QED) is 0.723. The zero-order chi connectivity index (χ0) is 13.4. The molecule has 1 heterocycles. The Morgan fingerprint density at radius 3 is 2.63 bits per heavy atom. The second-order valence-corrected chi connectivity index (χ2v) is 5.57. The predicted molar refractivity (Wildman–Crippen MR) is 81.4 cm³/mol. The van der Waals surface area contributed by atoms with Gasteiger partial charge < -0.3 is 10.2 Å². The maximum Gasteiger partial charge on any atom is 0.152 e. The molecule has 2 aromatic carbocycles. The van der Waals surface area contributed by atoms with Crippen molar-refractivity contribution >= 4 is 38.5 Å². The molecule has 1 atom stereocenters. The van der Waals surface area contributed by atoms with Crippen LogP contribution in [-0.2, 0) is 0 Å². The van der Waals surface area contributed by atoms with Gasteiger partial charge in [-0.1, -0.05) is 57.9 Å². The zero-order valence-electron chi connectivity index (χ0n) is 9.94. The summed E-state index contributed by atoms with van der Waals surface area (Å²) in [6.07, 6.45) is 0. The highest BCUT2D eigenvalue weighted by Gasteiger charge is 2.17. The van der Waals surface area contributed by atoms with Crippen molar-refractivity contribution in [2.45, 2.75) is 6.04 Å². The number of furan rings is 1. The van der Waals surface area contributed by atoms with Gasteiger partial charge in [0.15, 0.2) is 5.58 Å². The van der Waals surface area contributed by atoms with Gasteiger partial charge in [-0.2, -0.15) is 0 Å². The molecule has 0 radical (unpaired) electrons. The van der Waals surface area contributed by atoms with Gasteiger partial charge in [0, 0.05) is 9.86 Å². The lowest BCUT2D eigenvalue weighted by atomic mass is 10.1. The van der Waals surface area contributed by atoms with E-state index >= 15 is 0 Å². The first-order valence-electron chi connectivity index (χ1n) is 5.85. The number of fused-ring (bicyclic) bond motifs is 1. The molecule has 3 aromatic rings. The topological polar surface area (TPSA) is 39.2 Å². The standard InChI is InChI=1S/C15H11BrClNO/c16-11-6-2-1-5-10(11)14(18)13-8-9-4-3-7-12(17)15(9)19-13/h1-8,14H,18H2. The van der Waals surface area contributed by atoms with Crippen molar-refractivity contribution in [2.24, 2.45) is 5.73 Å². The average molecular weight is 337 g/mol. The number of hydrogen-bond donors (Lipinski definition) is 1. The molecule has 96 valence electrons. The highest BCUT2D eigenvalue weighted by molar-refractivity contribution is 9.10. The van der Waals surface area contributed by atoms with Crippen molar-refractivity contribution in [3.8, 4) is 0 Å². The van der Waals surface area contributed by atoms with Gasteiger partial charge in [0.05, 0.1) is 11.1 Å². The molecule has 0 aliphatic rings. The molecule has 0 aliphatic carbocycles. The van der Waals surface area contributed by atoms with Crippen molar-refractivity contribution < 1.29 is 4.42 Å². The second-order valence-electron chi connectivity index (χ2n) is 4.31. The molecule has 3 rings (SSSR count). The zero-order valence-corrected chi connectivity index (χ0v) is 12.3. The van der Waals surface area contributed by atoms with Crippen molar-refractivity contribution in [1.82, 2.24) is 0 Å². The highest BCUT2D eigenvalue weighted by atomic mass is 79.9. The summed E-state index contributed by atoms with van der Waals surface area (Å²) in [5, 5.41) is 1.56. The minimum Gasteiger partial charge on any atom is -0.457 e. The van der Waals surface area contributed by atoms with E-state index < -0.39 is 0 Å². The fraction of sp³-hybridized carbons (Fsp3) is 0.0667. The Bertz CT molecular complexity index is 738. The van der Waals surface area contributed by atoms with Crippen molar-refractivity contribution in [3.63, 3.8) is 0 Å². The van der Waals surface area contributed by atoms with Crippen LogP contribution in [0.1, 0.15) is 17.4 Å². The third kappa shape index (κ3) is 2.29. The molecule has 0 fully saturated rings. The van der Waals surface area contributed by atoms with Crippen LogP contribution in [0, 0.1) is 0 Å². The van der Waals surface area contributed by atoms with E-state index in [1.54, 1.807) is 6.07 Å². The third-order valence-electron chi connectivity index (χ3n) is 3.06. The van der Waals surface area contributed by atoms with Crippen molar-refractivity contribution in [1.29, 1.82) is 0 Å². The molecule has 0 spiro atoms. The molecule has 19 heavy (non-hydrogen) atoms. The molecule has 4 heteroatoms. The van der Waals surface area contributed by atoms with Crippen molar-refractivity contribution in [3.05, 3.63) is 69.3 Å². The van der Waals surface area contributed by atoms with E-state index in [9.17, 15) is 0 Å². The second kappa shape index (κ2) is 5.00. The Morgan fingerprint density at radius 1 is 1.11 bits per heavy atom. The van der Waals surface area contributed by atoms with Gasteiger partial charge in [0.1, 0.15) is 5.76 Å². The lowest BCUT2D eigenvalue weighted by Crippen LogP contribution is -2.11. The van der Waals surface area contributed by atoms with Gasteiger partial charge in [-0.25, -0.2) is 0 Å². The van der Waals surface area contributed by atoms with Crippen LogP contribution in [0.3, 0.4) is 0 Å². The molecule has 0 aliphatic heterocycles. The Balaban J connectivity index is 2.10. The first kappa shape index (κ1) is 12.7. The Labute approximate surface area is 124 Å². The smallest absolute Gasteiger partial charge is 0.152 e. The van der Waals surface area contributed by atoms with Crippen LogP contribution >= 0.6 is 27.5 Å². The van der Waals surface area contributed by atoms with E-state index in [1.165, 1.54) is 0 Å². The summed E-state index contributed by atoms with van der Waals surface area (Å²) in [7, 11) is 0. The lowest BCUT2D eigenvalue weighted by molar-refractivity contribution is 0.524. The first-order valence-corrected chi connectivity index (χ1v) is 7.02. The molecule has 0 saturated carbocycles. The van der Waals surface area contributed by atoms with Gasteiger partial charge >= 0.3 is 0 Å². The molecule has 2 N–H and O–H groups in total. The molecule has 1 unspecified atom stereocenters. The molecule has 0 saturated heterocycles. The maximum absolute atomic E-state index is 6.26. The van der Waals surface area contributed by atoms with E-state index in [0.717, 1.165) is 15.4 Å². The molecular formula is C15H11BrClNO. The minimum absolute atomic E-state index is 0.320. The van der Waals surface area contributed by atoms with Crippen LogP contribution < -0.4 is 5.73 Å². The lowest BCUT2D eigenvalue weighted by Gasteiger charge is -2.10. The largest absolute Gasteiger partial charge is 0.457 e. The minimum atomic E-state index is -0.320. The Kier molecular flexibility index (Phi) is 3.35. The summed E-state index contributed by atoms with van der Waals surface area (Å²) in [5.41, 5.74) is 7.93. The fourth-order valence-corrected chi connectivity index (χ4v) is 2.83. The number of para-hydroxylation sites is 1. The van der Waals surface area contributed by atoms with E-state index in [2.05, 4.69) is 15.9 Å². The molecule has 0 bridgehead atoms. The molecule has 2 nitrogen and oxygen atoms in total. The van der Waals surface area contributed by atoms with Gasteiger partial charge in [-0.05, 0) is 23.8 Å². The van der Waals surface area contributed by atoms with Crippen LogP contribution in [0.4, 0.5) is 0 Å². The predicted octanol–water partition coefficient (Wildman–Crippen LogP) is 4.90. The van der Waals surface area contributed by atoms with Crippen LogP contribution in [-0.4, -0.2) is 0 Å². The maximum atomic E-state index is 6.26. The van der Waals surface area contributed by atoms with Gasteiger partial charge in [-0.3, -0.25) is 0 Å². The fourth-order valence-electron chi connectivity index (χ4n) is 2.08. The number of benzene rings is 2. The number of hydrogen-bond acceptors (Lipinski definition) is 2.